The summed E-state index contributed by atoms with van der Waals surface area (Å²) in [5.41, 5.74) is 1.26. The highest BCUT2D eigenvalue weighted by Crippen LogP contribution is 2.30. The number of carbonyl (C=O) groups is 2. The van der Waals surface area contributed by atoms with E-state index < -0.39 is 28.0 Å². The van der Waals surface area contributed by atoms with Gasteiger partial charge in [-0.3, -0.25) is 9.59 Å². The van der Waals surface area contributed by atoms with E-state index >= 15 is 0 Å². The summed E-state index contributed by atoms with van der Waals surface area (Å²) in [7, 11) is -2.39. The zero-order valence-corrected chi connectivity index (χ0v) is 20.3. The molecular formula is C23H31N3O6S. The van der Waals surface area contributed by atoms with Crippen molar-refractivity contribution < 1.29 is 27.5 Å². The Hall–Kier alpha value is -3.11. The third-order valence-electron chi connectivity index (χ3n) is 4.72. The molecule has 2 amide bonds. The molecule has 0 aliphatic carbocycles. The first kappa shape index (κ1) is 26.1. The lowest BCUT2D eigenvalue weighted by Gasteiger charge is -2.20. The molecule has 0 saturated carbocycles. The Morgan fingerprint density at radius 3 is 2.27 bits per heavy atom. The van der Waals surface area contributed by atoms with Crippen LogP contribution in [0.1, 0.15) is 45.7 Å². The van der Waals surface area contributed by atoms with Crippen LogP contribution in [0.15, 0.2) is 47.4 Å². The highest BCUT2D eigenvalue weighted by atomic mass is 32.2. The molecule has 0 saturated heterocycles. The number of anilines is 1. The van der Waals surface area contributed by atoms with Crippen LogP contribution in [0.3, 0.4) is 0 Å². The largest absolute Gasteiger partial charge is 0.493 e. The predicted octanol–water partition coefficient (Wildman–Crippen LogP) is 2.99. The number of hydrogen-bond donors (Lipinski definition) is 3. The van der Waals surface area contributed by atoms with Crippen molar-refractivity contribution in [3.63, 3.8) is 0 Å². The number of nitrogens with one attached hydrogen (secondary N) is 3. The molecule has 0 radical (unpaired) electrons. The molecule has 0 heterocycles. The lowest BCUT2D eigenvalue weighted by molar-refractivity contribution is -0.123. The minimum atomic E-state index is -3.94. The monoisotopic (exact) mass is 477 g/mol. The van der Waals surface area contributed by atoms with Crippen molar-refractivity contribution in [2.24, 2.45) is 0 Å². The van der Waals surface area contributed by atoms with Crippen LogP contribution < -0.4 is 24.8 Å². The second-order valence-electron chi connectivity index (χ2n) is 7.54. The van der Waals surface area contributed by atoms with Crippen LogP contribution >= 0.6 is 0 Å². The lowest BCUT2D eigenvalue weighted by atomic mass is 10.1. The van der Waals surface area contributed by atoms with E-state index in [9.17, 15) is 18.0 Å². The molecule has 0 bridgehead atoms. The molecule has 0 aliphatic heterocycles. The van der Waals surface area contributed by atoms with E-state index in [1.807, 2.05) is 13.0 Å². The molecule has 0 fully saturated rings. The molecule has 10 heteroatoms. The minimum Gasteiger partial charge on any atom is -0.493 e. The molecular weight excluding hydrogens is 446 g/mol. The molecule has 2 aromatic carbocycles. The van der Waals surface area contributed by atoms with Crippen molar-refractivity contribution in [2.75, 3.05) is 19.0 Å². The number of amides is 2. The Morgan fingerprint density at radius 2 is 1.70 bits per heavy atom. The normalized spacial score (nSPS) is 13.0. The van der Waals surface area contributed by atoms with Crippen molar-refractivity contribution >= 4 is 27.5 Å². The molecule has 9 nitrogen and oxygen atoms in total. The van der Waals surface area contributed by atoms with Gasteiger partial charge in [0.1, 0.15) is 0 Å². The standard InChI is InChI=1S/C23H31N3O6S/c1-6-13-32-21-12-7-18(14-22(21)31-5)15(2)24-23(28)16(3)26-33(29,30)20-10-8-19(9-11-20)25-17(4)27/h7-12,14-16,26H,6,13H2,1-5H3,(H,24,28)(H,25,27)/t15?,16-/m0/s1. The van der Waals surface area contributed by atoms with Gasteiger partial charge < -0.3 is 20.1 Å². The Bertz CT molecular complexity index is 1070. The quantitative estimate of drug-likeness (QED) is 0.457. The van der Waals surface area contributed by atoms with E-state index in [1.165, 1.54) is 38.1 Å². The maximum absolute atomic E-state index is 12.6. The van der Waals surface area contributed by atoms with Gasteiger partial charge in [0.25, 0.3) is 0 Å². The summed E-state index contributed by atoms with van der Waals surface area (Å²) < 4.78 is 38.7. The minimum absolute atomic E-state index is 0.0169. The second-order valence-corrected chi connectivity index (χ2v) is 9.25. The number of benzene rings is 2. The SMILES string of the molecule is CCCOc1ccc(C(C)NC(=O)[C@H](C)NS(=O)(=O)c2ccc(NC(C)=O)cc2)cc1OC. The van der Waals surface area contributed by atoms with Gasteiger partial charge in [-0.25, -0.2) is 8.42 Å². The van der Waals surface area contributed by atoms with Crippen LogP contribution in [0, 0.1) is 0 Å². The Kier molecular flexibility index (Phi) is 9.24. The van der Waals surface area contributed by atoms with Crippen LogP contribution in [0.5, 0.6) is 11.5 Å². The second kappa shape index (κ2) is 11.7. The first-order valence-electron chi connectivity index (χ1n) is 10.6. The van der Waals surface area contributed by atoms with Gasteiger partial charge in [0, 0.05) is 12.6 Å². The van der Waals surface area contributed by atoms with Crippen LogP contribution in [0.2, 0.25) is 0 Å². The van der Waals surface area contributed by atoms with Gasteiger partial charge in [0.15, 0.2) is 11.5 Å². The number of carbonyl (C=O) groups excluding carboxylic acids is 2. The summed E-state index contributed by atoms with van der Waals surface area (Å²) in [6.45, 7) is 7.19. The van der Waals surface area contributed by atoms with E-state index in [0.717, 1.165) is 12.0 Å². The smallest absolute Gasteiger partial charge is 0.241 e. The van der Waals surface area contributed by atoms with Crippen LogP contribution in [0.25, 0.3) is 0 Å². The number of rotatable bonds is 11. The predicted molar refractivity (Wildman–Crippen MR) is 126 cm³/mol. The zero-order valence-electron chi connectivity index (χ0n) is 19.5. The molecule has 3 N–H and O–H groups in total. The van der Waals surface area contributed by atoms with Crippen molar-refractivity contribution in [3.8, 4) is 11.5 Å². The topological polar surface area (TPSA) is 123 Å². The summed E-state index contributed by atoms with van der Waals surface area (Å²) in [4.78, 5) is 23.7. The summed E-state index contributed by atoms with van der Waals surface area (Å²) >= 11 is 0. The van der Waals surface area contributed by atoms with Gasteiger partial charge in [-0.2, -0.15) is 4.72 Å². The number of ether oxygens (including phenoxy) is 2. The molecule has 0 spiro atoms. The fourth-order valence-corrected chi connectivity index (χ4v) is 4.18. The summed E-state index contributed by atoms with van der Waals surface area (Å²) in [5.74, 6) is 0.431. The molecule has 180 valence electrons. The van der Waals surface area contributed by atoms with Gasteiger partial charge in [-0.05, 0) is 62.2 Å². The fourth-order valence-electron chi connectivity index (χ4n) is 2.98. The van der Waals surface area contributed by atoms with E-state index in [-0.39, 0.29) is 10.8 Å². The van der Waals surface area contributed by atoms with Gasteiger partial charge >= 0.3 is 0 Å². The van der Waals surface area contributed by atoms with Gasteiger partial charge in [0.2, 0.25) is 21.8 Å². The van der Waals surface area contributed by atoms with Gasteiger partial charge in [-0.1, -0.05) is 13.0 Å². The average molecular weight is 478 g/mol. The lowest BCUT2D eigenvalue weighted by Crippen LogP contribution is -2.45. The number of hydrogen-bond acceptors (Lipinski definition) is 6. The third-order valence-corrected chi connectivity index (χ3v) is 6.27. The van der Waals surface area contributed by atoms with Gasteiger partial charge in [0.05, 0.1) is 30.7 Å². The summed E-state index contributed by atoms with van der Waals surface area (Å²) in [5, 5.41) is 5.37. The van der Waals surface area contributed by atoms with E-state index in [1.54, 1.807) is 26.2 Å². The maximum Gasteiger partial charge on any atom is 0.241 e. The zero-order chi connectivity index (χ0) is 24.6. The molecule has 1 unspecified atom stereocenters. The molecule has 2 rings (SSSR count). The third kappa shape index (κ3) is 7.47. The summed E-state index contributed by atoms with van der Waals surface area (Å²) in [6.07, 6.45) is 0.866. The van der Waals surface area contributed by atoms with Crippen molar-refractivity contribution in [1.29, 1.82) is 0 Å². The Balaban J connectivity index is 2.03. The van der Waals surface area contributed by atoms with E-state index in [0.29, 0.717) is 23.8 Å². The molecule has 33 heavy (non-hydrogen) atoms. The Labute approximate surface area is 194 Å². The van der Waals surface area contributed by atoms with Crippen LogP contribution in [0.4, 0.5) is 5.69 Å². The van der Waals surface area contributed by atoms with Crippen LogP contribution in [-0.2, 0) is 19.6 Å². The number of sulfonamides is 1. The first-order valence-corrected chi connectivity index (χ1v) is 12.1. The maximum atomic E-state index is 12.6. The highest BCUT2D eigenvalue weighted by Gasteiger charge is 2.23. The molecule has 2 atom stereocenters. The Morgan fingerprint density at radius 1 is 1.03 bits per heavy atom. The fraction of sp³-hybridized carbons (Fsp3) is 0.391. The van der Waals surface area contributed by atoms with Crippen molar-refractivity contribution in [1.82, 2.24) is 10.0 Å². The van der Waals surface area contributed by atoms with Gasteiger partial charge in [-0.15, -0.1) is 0 Å². The van der Waals surface area contributed by atoms with E-state index in [2.05, 4.69) is 15.4 Å². The summed E-state index contributed by atoms with van der Waals surface area (Å²) in [6, 6.07) is 9.64. The van der Waals surface area contributed by atoms with Crippen molar-refractivity contribution in [3.05, 3.63) is 48.0 Å². The van der Waals surface area contributed by atoms with E-state index in [4.69, 9.17) is 9.47 Å². The first-order chi connectivity index (χ1) is 15.6. The molecule has 2 aromatic rings. The van der Waals surface area contributed by atoms with Crippen molar-refractivity contribution in [2.45, 2.75) is 51.1 Å². The molecule has 0 aromatic heterocycles. The average Bonchev–Trinajstić information content (AvgIpc) is 2.77. The van der Waals surface area contributed by atoms with Crippen LogP contribution in [-0.4, -0.2) is 40.0 Å². The molecule has 0 aliphatic rings. The highest BCUT2D eigenvalue weighted by molar-refractivity contribution is 7.89. The number of methoxy groups -OCH3 is 1.